The van der Waals surface area contributed by atoms with Crippen molar-refractivity contribution >= 4 is 6.09 Å². The van der Waals surface area contributed by atoms with E-state index in [2.05, 4.69) is 0 Å². The van der Waals surface area contributed by atoms with Gasteiger partial charge >= 0.3 is 6.09 Å². The number of pyridine rings is 1. The Morgan fingerprint density at radius 2 is 2.05 bits per heavy atom. The maximum Gasteiger partial charge on any atom is 0.410 e. The van der Waals surface area contributed by atoms with Gasteiger partial charge in [0.2, 0.25) is 0 Å². The Balaban J connectivity index is 1.84. The first-order valence-electron chi connectivity index (χ1n) is 7.91. The largest absolute Gasteiger partial charge is 0.444 e. The fourth-order valence-corrected chi connectivity index (χ4v) is 3.63. The highest BCUT2D eigenvalue weighted by Crippen LogP contribution is 2.38. The van der Waals surface area contributed by atoms with Crippen LogP contribution in [0.25, 0.3) is 0 Å². The van der Waals surface area contributed by atoms with Gasteiger partial charge in [0.25, 0.3) is 5.56 Å². The predicted octanol–water partition coefficient (Wildman–Crippen LogP) is 2.28. The third-order valence-corrected chi connectivity index (χ3v) is 4.53. The van der Waals surface area contributed by atoms with Crippen LogP contribution in [0.2, 0.25) is 0 Å². The molecule has 2 bridgehead atoms. The van der Waals surface area contributed by atoms with Crippen LogP contribution >= 0.6 is 0 Å². The molecule has 5 nitrogen and oxygen atoms in total. The zero-order chi connectivity index (χ0) is 16.1. The minimum Gasteiger partial charge on any atom is -0.444 e. The number of hydrogen-bond acceptors (Lipinski definition) is 3. The zero-order valence-corrected chi connectivity index (χ0v) is 13.8. The van der Waals surface area contributed by atoms with Crippen LogP contribution in [-0.2, 0) is 18.2 Å². The van der Waals surface area contributed by atoms with Crippen LogP contribution in [0.5, 0.6) is 0 Å². The number of rotatable bonds is 0. The fraction of sp³-hybridized carbons (Fsp3) is 0.647. The highest BCUT2D eigenvalue weighted by atomic mass is 16.6. The summed E-state index contributed by atoms with van der Waals surface area (Å²) in [5.41, 5.74) is 1.69. The van der Waals surface area contributed by atoms with Crippen molar-refractivity contribution in [3.05, 3.63) is 33.7 Å². The number of carbonyl (C=O) groups excluding carboxylic acids is 1. The van der Waals surface area contributed by atoms with E-state index in [0.717, 1.165) is 24.0 Å². The molecule has 1 aromatic rings. The molecule has 1 aliphatic heterocycles. The molecule has 0 aromatic carbocycles. The molecule has 22 heavy (non-hydrogen) atoms. The molecule has 0 spiro atoms. The summed E-state index contributed by atoms with van der Waals surface area (Å²) in [5.74, 6) is 0.609. The lowest BCUT2D eigenvalue weighted by Crippen LogP contribution is -2.48. The summed E-state index contributed by atoms with van der Waals surface area (Å²) in [7, 11) is 1.79. The number of fused-ring (bicyclic) bond motifs is 4. The summed E-state index contributed by atoms with van der Waals surface area (Å²) in [6.45, 7) is 6.98. The minimum atomic E-state index is -0.475. The standard InChI is InChI=1S/C17H24N2O3/c1-17(2,3)22-16(21)19-9-11-7-12(10-19)13-5-6-18(4)15(20)14(13)8-11/h5-6,11-12H,7-10H2,1-4H3. The highest BCUT2D eigenvalue weighted by Gasteiger charge is 2.38. The quantitative estimate of drug-likeness (QED) is 0.739. The van der Waals surface area contributed by atoms with E-state index in [4.69, 9.17) is 4.74 Å². The Morgan fingerprint density at radius 3 is 2.73 bits per heavy atom. The van der Waals surface area contributed by atoms with Crippen LogP contribution < -0.4 is 5.56 Å². The van der Waals surface area contributed by atoms with Crippen molar-refractivity contribution in [2.24, 2.45) is 13.0 Å². The van der Waals surface area contributed by atoms with Crippen LogP contribution in [0.1, 0.15) is 44.2 Å². The first-order valence-corrected chi connectivity index (χ1v) is 7.91. The van der Waals surface area contributed by atoms with Crippen molar-refractivity contribution in [3.8, 4) is 0 Å². The Hall–Kier alpha value is -1.78. The second-order valence-corrected chi connectivity index (χ2v) is 7.55. The molecule has 0 N–H and O–H groups in total. The Morgan fingerprint density at radius 1 is 1.32 bits per heavy atom. The van der Waals surface area contributed by atoms with Crippen molar-refractivity contribution in [3.63, 3.8) is 0 Å². The van der Waals surface area contributed by atoms with E-state index < -0.39 is 5.60 Å². The van der Waals surface area contributed by atoms with Gasteiger partial charge in [-0.15, -0.1) is 0 Å². The second kappa shape index (κ2) is 5.14. The third kappa shape index (κ3) is 2.76. The van der Waals surface area contributed by atoms with Crippen molar-refractivity contribution in [1.82, 2.24) is 9.47 Å². The van der Waals surface area contributed by atoms with Gasteiger partial charge in [-0.2, -0.15) is 0 Å². The lowest BCUT2D eigenvalue weighted by atomic mass is 9.74. The van der Waals surface area contributed by atoms with Gasteiger partial charge in [-0.1, -0.05) is 0 Å². The number of carbonyl (C=O) groups is 1. The van der Waals surface area contributed by atoms with E-state index in [1.165, 1.54) is 0 Å². The van der Waals surface area contributed by atoms with Crippen LogP contribution in [0.15, 0.2) is 17.1 Å². The Kier molecular flexibility index (Phi) is 3.54. The fourth-order valence-electron chi connectivity index (χ4n) is 3.63. The number of likely N-dealkylation sites (tertiary alicyclic amines) is 1. The smallest absolute Gasteiger partial charge is 0.410 e. The molecule has 0 radical (unpaired) electrons. The van der Waals surface area contributed by atoms with Gasteiger partial charge in [0.05, 0.1) is 0 Å². The summed E-state index contributed by atoms with van der Waals surface area (Å²) >= 11 is 0. The van der Waals surface area contributed by atoms with Crippen LogP contribution in [0, 0.1) is 5.92 Å². The summed E-state index contributed by atoms with van der Waals surface area (Å²) < 4.78 is 7.14. The lowest BCUT2D eigenvalue weighted by Gasteiger charge is -2.42. The molecule has 1 aliphatic carbocycles. The summed E-state index contributed by atoms with van der Waals surface area (Å²) in [6.07, 6.45) is 3.40. The molecule has 3 rings (SSSR count). The van der Waals surface area contributed by atoms with E-state index in [0.29, 0.717) is 19.0 Å². The van der Waals surface area contributed by atoms with E-state index in [1.54, 1.807) is 11.6 Å². The lowest BCUT2D eigenvalue weighted by molar-refractivity contribution is 0.0130. The predicted molar refractivity (Wildman–Crippen MR) is 84.0 cm³/mol. The third-order valence-electron chi connectivity index (χ3n) is 4.53. The molecule has 2 heterocycles. The molecule has 0 saturated carbocycles. The molecule has 5 heteroatoms. The summed E-state index contributed by atoms with van der Waals surface area (Å²) in [6, 6.07) is 2.04. The molecule has 1 aromatic heterocycles. The average molecular weight is 304 g/mol. The van der Waals surface area contributed by atoms with Crippen molar-refractivity contribution in [1.29, 1.82) is 0 Å². The van der Waals surface area contributed by atoms with Gasteiger partial charge in [0, 0.05) is 37.8 Å². The summed E-state index contributed by atoms with van der Waals surface area (Å²) in [5, 5.41) is 0. The van der Waals surface area contributed by atoms with Gasteiger partial charge in [0.15, 0.2) is 0 Å². The number of nitrogens with zero attached hydrogens (tertiary/aromatic N) is 2. The van der Waals surface area contributed by atoms with Gasteiger partial charge in [0.1, 0.15) is 5.60 Å². The highest BCUT2D eigenvalue weighted by molar-refractivity contribution is 5.68. The SMILES string of the molecule is Cn1ccc2c(c1=O)CC1CC2CN(C(=O)OC(C)(C)C)C1. The van der Waals surface area contributed by atoms with E-state index in [1.807, 2.05) is 37.9 Å². The van der Waals surface area contributed by atoms with Crippen molar-refractivity contribution in [2.45, 2.75) is 45.1 Å². The average Bonchev–Trinajstić information content (AvgIpc) is 2.41. The van der Waals surface area contributed by atoms with Crippen LogP contribution in [0.3, 0.4) is 0 Å². The molecule has 1 fully saturated rings. The minimum absolute atomic E-state index is 0.109. The normalized spacial score (nSPS) is 23.9. The van der Waals surface area contributed by atoms with Crippen molar-refractivity contribution in [2.75, 3.05) is 13.1 Å². The molecule has 2 atom stereocenters. The Labute approximate surface area is 130 Å². The van der Waals surface area contributed by atoms with E-state index in [-0.39, 0.29) is 17.6 Å². The van der Waals surface area contributed by atoms with Crippen molar-refractivity contribution < 1.29 is 9.53 Å². The molecule has 2 unspecified atom stereocenters. The number of hydrogen-bond donors (Lipinski definition) is 0. The molecule has 1 amide bonds. The first-order chi connectivity index (χ1) is 10.2. The Bertz CT molecular complexity index is 657. The summed E-state index contributed by atoms with van der Waals surface area (Å²) in [4.78, 5) is 26.4. The monoisotopic (exact) mass is 304 g/mol. The number of amides is 1. The molecular weight excluding hydrogens is 280 g/mol. The first kappa shape index (κ1) is 15.1. The van der Waals surface area contributed by atoms with Gasteiger partial charge < -0.3 is 14.2 Å². The number of aromatic nitrogens is 1. The van der Waals surface area contributed by atoms with E-state index in [9.17, 15) is 9.59 Å². The van der Waals surface area contributed by atoms with Gasteiger partial charge in [-0.3, -0.25) is 4.79 Å². The van der Waals surface area contributed by atoms with Crippen LogP contribution in [0.4, 0.5) is 4.79 Å². The number of aryl methyl sites for hydroxylation is 1. The second-order valence-electron chi connectivity index (χ2n) is 7.55. The zero-order valence-electron chi connectivity index (χ0n) is 13.8. The van der Waals surface area contributed by atoms with E-state index >= 15 is 0 Å². The molecule has 1 saturated heterocycles. The molecule has 2 aliphatic rings. The number of piperidine rings is 1. The molecular formula is C17H24N2O3. The molecule has 120 valence electrons. The maximum absolute atomic E-state index is 12.3. The van der Waals surface area contributed by atoms with Crippen LogP contribution in [-0.4, -0.2) is 34.3 Å². The maximum atomic E-state index is 12.3. The van der Waals surface area contributed by atoms with Gasteiger partial charge in [-0.05, 0) is 51.2 Å². The van der Waals surface area contributed by atoms with Gasteiger partial charge in [-0.25, -0.2) is 4.79 Å². The number of ether oxygens (including phenoxy) is 1. The topological polar surface area (TPSA) is 51.5 Å².